The lowest BCUT2D eigenvalue weighted by atomic mass is 10.1. The Morgan fingerprint density at radius 2 is 1.91 bits per heavy atom. The fraction of sp³-hybridized carbons (Fsp3) is 0.154. The summed E-state index contributed by atoms with van der Waals surface area (Å²) in [6.07, 6.45) is 5.05. The van der Waals surface area contributed by atoms with Crippen molar-refractivity contribution in [3.05, 3.63) is 95.4 Å². The van der Waals surface area contributed by atoms with E-state index in [4.69, 9.17) is 4.42 Å². The zero-order valence-electron chi connectivity index (χ0n) is 19.4. The Morgan fingerprint density at radius 3 is 2.66 bits per heavy atom. The van der Waals surface area contributed by atoms with Gasteiger partial charge >= 0.3 is 5.76 Å². The zero-order chi connectivity index (χ0) is 24.4. The molecule has 3 heterocycles. The smallest absolute Gasteiger partial charge is 0.408 e. The number of hydrogen-bond acceptors (Lipinski definition) is 6. The Bertz CT molecular complexity index is 1530. The molecule has 0 saturated heterocycles. The van der Waals surface area contributed by atoms with Crippen LogP contribution in [0.2, 0.25) is 0 Å². The highest BCUT2D eigenvalue weighted by Crippen LogP contribution is 2.25. The number of anilines is 1. The number of benzene rings is 2. The summed E-state index contributed by atoms with van der Waals surface area (Å²) in [4.78, 5) is 31.9. The Labute approximate surface area is 201 Å². The van der Waals surface area contributed by atoms with E-state index in [1.807, 2.05) is 55.4 Å². The standard InChI is InChI=1S/C26H24N6O3/c1-30(2)13-14-31-22-15-19(10-11-23(22)35-26(31)34)28-25(33)21-17-32(20-8-4-3-5-9-20)29-24(21)18-7-6-12-27-16-18/h3-12,15-17H,13-14H2,1-2H3,(H,28,33). The van der Waals surface area contributed by atoms with Gasteiger partial charge in [0.15, 0.2) is 5.58 Å². The number of rotatable bonds is 7. The largest absolute Gasteiger partial charge is 0.419 e. The molecule has 0 atom stereocenters. The van der Waals surface area contributed by atoms with E-state index in [0.29, 0.717) is 41.1 Å². The van der Waals surface area contributed by atoms with E-state index in [2.05, 4.69) is 15.4 Å². The number of aromatic nitrogens is 4. The van der Waals surface area contributed by atoms with E-state index in [9.17, 15) is 9.59 Å². The molecule has 5 aromatic rings. The summed E-state index contributed by atoms with van der Waals surface area (Å²) >= 11 is 0. The number of nitrogens with zero attached hydrogens (tertiary/aromatic N) is 5. The van der Waals surface area contributed by atoms with Crippen LogP contribution in [0.25, 0.3) is 28.0 Å². The topological polar surface area (TPSA) is 98.2 Å². The van der Waals surface area contributed by atoms with E-state index in [1.165, 1.54) is 0 Å². The normalized spacial score (nSPS) is 11.3. The average Bonchev–Trinajstić information content (AvgIpc) is 3.45. The molecule has 35 heavy (non-hydrogen) atoms. The van der Waals surface area contributed by atoms with Crippen LogP contribution in [0.5, 0.6) is 0 Å². The molecule has 0 unspecified atom stereocenters. The molecule has 0 radical (unpaired) electrons. The highest BCUT2D eigenvalue weighted by Gasteiger charge is 2.20. The number of likely N-dealkylation sites (N-methyl/N-ethyl adjacent to an activating group) is 1. The first kappa shape index (κ1) is 22.3. The third-order valence-electron chi connectivity index (χ3n) is 5.61. The van der Waals surface area contributed by atoms with Gasteiger partial charge in [0, 0.05) is 42.9 Å². The van der Waals surface area contributed by atoms with Crippen LogP contribution in [-0.4, -0.2) is 50.8 Å². The molecular formula is C26H24N6O3. The summed E-state index contributed by atoms with van der Waals surface area (Å²) in [5.74, 6) is -0.746. The molecule has 0 saturated carbocycles. The maximum absolute atomic E-state index is 13.4. The molecule has 0 spiro atoms. The van der Waals surface area contributed by atoms with Gasteiger partial charge in [0.25, 0.3) is 5.91 Å². The highest BCUT2D eigenvalue weighted by atomic mass is 16.4. The van der Waals surface area contributed by atoms with Gasteiger partial charge in [-0.25, -0.2) is 9.48 Å². The van der Waals surface area contributed by atoms with E-state index in [0.717, 1.165) is 11.3 Å². The van der Waals surface area contributed by atoms with Gasteiger partial charge in [0.1, 0.15) is 5.69 Å². The number of hydrogen-bond donors (Lipinski definition) is 1. The molecule has 0 aliphatic heterocycles. The molecule has 0 fully saturated rings. The highest BCUT2D eigenvalue weighted by molar-refractivity contribution is 6.08. The number of carbonyl (C=O) groups excluding carboxylic acids is 1. The Hall–Kier alpha value is -4.50. The van der Waals surface area contributed by atoms with Crippen LogP contribution in [0, 0.1) is 0 Å². The summed E-state index contributed by atoms with van der Waals surface area (Å²) in [5.41, 5.74) is 4.13. The van der Waals surface area contributed by atoms with Crippen molar-refractivity contribution < 1.29 is 9.21 Å². The molecule has 9 nitrogen and oxygen atoms in total. The molecule has 2 aromatic carbocycles. The third-order valence-corrected chi connectivity index (χ3v) is 5.61. The van der Waals surface area contributed by atoms with Crippen molar-refractivity contribution in [1.82, 2.24) is 24.2 Å². The van der Waals surface area contributed by atoms with Crippen LogP contribution in [-0.2, 0) is 6.54 Å². The maximum Gasteiger partial charge on any atom is 0.419 e. The first-order chi connectivity index (χ1) is 17.0. The Kier molecular flexibility index (Phi) is 5.99. The van der Waals surface area contributed by atoms with Crippen LogP contribution >= 0.6 is 0 Å². The first-order valence-electron chi connectivity index (χ1n) is 11.1. The van der Waals surface area contributed by atoms with Gasteiger partial charge in [-0.1, -0.05) is 18.2 Å². The van der Waals surface area contributed by atoms with Crippen LogP contribution in [0.15, 0.2) is 88.5 Å². The molecular weight excluding hydrogens is 444 g/mol. The quantitative estimate of drug-likeness (QED) is 0.392. The van der Waals surface area contributed by atoms with Crippen molar-refractivity contribution in [2.75, 3.05) is 26.0 Å². The van der Waals surface area contributed by atoms with Gasteiger partial charge in [0.05, 0.1) is 16.8 Å². The molecule has 5 rings (SSSR count). The summed E-state index contributed by atoms with van der Waals surface area (Å²) in [7, 11) is 3.88. The molecule has 1 amide bonds. The minimum atomic E-state index is -0.423. The number of carbonyl (C=O) groups is 1. The van der Waals surface area contributed by atoms with Crippen molar-refractivity contribution in [1.29, 1.82) is 0 Å². The zero-order valence-corrected chi connectivity index (χ0v) is 19.4. The molecule has 176 valence electrons. The first-order valence-corrected chi connectivity index (χ1v) is 11.1. The fourth-order valence-electron chi connectivity index (χ4n) is 3.82. The predicted octanol–water partition coefficient (Wildman–Crippen LogP) is 3.66. The van der Waals surface area contributed by atoms with Gasteiger partial charge in [-0.2, -0.15) is 5.10 Å². The molecule has 9 heteroatoms. The third kappa shape index (κ3) is 4.62. The van der Waals surface area contributed by atoms with Gasteiger partial charge in [-0.05, 0) is 56.6 Å². The van der Waals surface area contributed by atoms with E-state index in [1.54, 1.807) is 52.1 Å². The van der Waals surface area contributed by atoms with E-state index in [-0.39, 0.29) is 5.91 Å². The minimum absolute atomic E-state index is 0.323. The van der Waals surface area contributed by atoms with Crippen LogP contribution in [0.3, 0.4) is 0 Å². The number of nitrogens with one attached hydrogen (secondary N) is 1. The van der Waals surface area contributed by atoms with E-state index < -0.39 is 5.76 Å². The number of oxazole rings is 1. The van der Waals surface area contributed by atoms with Gasteiger partial charge in [-0.3, -0.25) is 14.3 Å². The van der Waals surface area contributed by atoms with E-state index >= 15 is 0 Å². The number of amides is 1. The second-order valence-corrected chi connectivity index (χ2v) is 8.37. The SMILES string of the molecule is CN(C)CCn1c(=O)oc2ccc(NC(=O)c3cn(-c4ccccc4)nc3-c3cccnc3)cc21. The predicted molar refractivity (Wildman–Crippen MR) is 134 cm³/mol. The van der Waals surface area contributed by atoms with Crippen molar-refractivity contribution >= 4 is 22.7 Å². The average molecular weight is 469 g/mol. The number of pyridine rings is 1. The summed E-state index contributed by atoms with van der Waals surface area (Å²) in [5, 5.41) is 7.62. The maximum atomic E-state index is 13.4. The summed E-state index contributed by atoms with van der Waals surface area (Å²) < 4.78 is 8.61. The number of para-hydroxylation sites is 1. The van der Waals surface area contributed by atoms with Crippen molar-refractivity contribution in [2.45, 2.75) is 6.54 Å². The summed E-state index contributed by atoms with van der Waals surface area (Å²) in [6, 6.07) is 18.4. The summed E-state index contributed by atoms with van der Waals surface area (Å²) in [6.45, 7) is 1.16. The Morgan fingerprint density at radius 1 is 1.09 bits per heavy atom. The molecule has 0 bridgehead atoms. The van der Waals surface area contributed by atoms with Gasteiger partial charge in [0.2, 0.25) is 0 Å². The van der Waals surface area contributed by atoms with Crippen LogP contribution < -0.4 is 11.1 Å². The van der Waals surface area contributed by atoms with Crippen molar-refractivity contribution in [2.24, 2.45) is 0 Å². The van der Waals surface area contributed by atoms with Crippen molar-refractivity contribution in [3.8, 4) is 16.9 Å². The molecule has 0 aliphatic carbocycles. The minimum Gasteiger partial charge on any atom is -0.408 e. The molecule has 1 N–H and O–H groups in total. The van der Waals surface area contributed by atoms with Crippen molar-refractivity contribution in [3.63, 3.8) is 0 Å². The Balaban J connectivity index is 1.50. The monoisotopic (exact) mass is 468 g/mol. The molecule has 0 aliphatic rings. The second-order valence-electron chi connectivity index (χ2n) is 8.37. The lowest BCUT2D eigenvalue weighted by molar-refractivity contribution is 0.102. The van der Waals surface area contributed by atoms with Crippen LogP contribution in [0.1, 0.15) is 10.4 Å². The van der Waals surface area contributed by atoms with Crippen LogP contribution in [0.4, 0.5) is 5.69 Å². The lowest BCUT2D eigenvalue weighted by Crippen LogP contribution is -2.23. The fourth-order valence-corrected chi connectivity index (χ4v) is 3.82. The van der Waals surface area contributed by atoms with Gasteiger partial charge < -0.3 is 14.6 Å². The van der Waals surface area contributed by atoms with Gasteiger partial charge in [-0.15, -0.1) is 0 Å². The lowest BCUT2D eigenvalue weighted by Gasteiger charge is -2.10. The molecule has 3 aromatic heterocycles. The second kappa shape index (κ2) is 9.40. The number of fused-ring (bicyclic) bond motifs is 1.